The third kappa shape index (κ3) is 4.21. The normalized spacial score (nSPS) is 21.2. The Labute approximate surface area is 118 Å². The molecule has 1 N–H and O–H groups in total. The van der Waals surface area contributed by atoms with Gasteiger partial charge in [-0.05, 0) is 20.8 Å². The standard InChI is InChI=1S/C13H23N3S2/c1-13(2,3)16-9-11(7-15-16)6-14-8-12-10-17-4-5-18-12/h7,9,12,14H,4-6,8,10H2,1-3H3. The Morgan fingerprint density at radius 1 is 1.44 bits per heavy atom. The summed E-state index contributed by atoms with van der Waals surface area (Å²) < 4.78 is 2.04. The second-order valence-electron chi connectivity index (χ2n) is 5.66. The Morgan fingerprint density at radius 2 is 2.28 bits per heavy atom. The van der Waals surface area contributed by atoms with Gasteiger partial charge >= 0.3 is 0 Å². The lowest BCUT2D eigenvalue weighted by atomic mass is 10.1. The van der Waals surface area contributed by atoms with Crippen LogP contribution >= 0.6 is 23.5 Å². The molecule has 0 bridgehead atoms. The van der Waals surface area contributed by atoms with Gasteiger partial charge in [-0.25, -0.2) is 0 Å². The lowest BCUT2D eigenvalue weighted by Crippen LogP contribution is -2.28. The molecule has 18 heavy (non-hydrogen) atoms. The maximum absolute atomic E-state index is 4.42. The van der Waals surface area contributed by atoms with Crippen LogP contribution in [0.4, 0.5) is 0 Å². The van der Waals surface area contributed by atoms with Crippen LogP contribution in [0, 0.1) is 0 Å². The zero-order valence-corrected chi connectivity index (χ0v) is 13.1. The van der Waals surface area contributed by atoms with Crippen LogP contribution in [-0.4, -0.2) is 38.8 Å². The first-order chi connectivity index (χ1) is 8.55. The molecule has 1 fully saturated rings. The molecule has 1 aromatic heterocycles. The molecule has 2 rings (SSSR count). The van der Waals surface area contributed by atoms with Crippen LogP contribution in [0.25, 0.3) is 0 Å². The molecule has 0 spiro atoms. The summed E-state index contributed by atoms with van der Waals surface area (Å²) >= 11 is 4.18. The van der Waals surface area contributed by atoms with Crippen LogP contribution in [0.2, 0.25) is 0 Å². The molecule has 1 aromatic rings. The van der Waals surface area contributed by atoms with E-state index in [1.54, 1.807) is 0 Å². The van der Waals surface area contributed by atoms with E-state index < -0.39 is 0 Å². The summed E-state index contributed by atoms with van der Waals surface area (Å²) in [5.74, 6) is 3.91. The van der Waals surface area contributed by atoms with Gasteiger partial charge in [0.1, 0.15) is 0 Å². The van der Waals surface area contributed by atoms with Crippen molar-refractivity contribution in [1.82, 2.24) is 15.1 Å². The maximum atomic E-state index is 4.42. The topological polar surface area (TPSA) is 29.9 Å². The third-order valence-corrected chi connectivity index (χ3v) is 5.75. The number of rotatable bonds is 4. The Morgan fingerprint density at radius 3 is 2.89 bits per heavy atom. The summed E-state index contributed by atoms with van der Waals surface area (Å²) in [6, 6.07) is 0. The fourth-order valence-electron chi connectivity index (χ4n) is 1.85. The smallest absolute Gasteiger partial charge is 0.0543 e. The molecule has 1 atom stereocenters. The molecular formula is C13H23N3S2. The lowest BCUT2D eigenvalue weighted by molar-refractivity contribution is 0.355. The van der Waals surface area contributed by atoms with Gasteiger partial charge in [-0.3, -0.25) is 4.68 Å². The van der Waals surface area contributed by atoms with Gasteiger partial charge in [-0.2, -0.15) is 28.6 Å². The predicted octanol–water partition coefficient (Wildman–Crippen LogP) is 2.58. The summed E-state index contributed by atoms with van der Waals surface area (Å²) in [5.41, 5.74) is 1.35. The number of hydrogen-bond acceptors (Lipinski definition) is 4. The molecule has 0 aliphatic carbocycles. The van der Waals surface area contributed by atoms with Crippen LogP contribution in [0.3, 0.4) is 0 Å². The van der Waals surface area contributed by atoms with E-state index in [-0.39, 0.29) is 5.54 Å². The summed E-state index contributed by atoms with van der Waals surface area (Å²) in [7, 11) is 0. The number of thioether (sulfide) groups is 2. The Bertz CT molecular complexity index is 365. The van der Waals surface area contributed by atoms with Gasteiger partial charge in [0.05, 0.1) is 11.7 Å². The minimum absolute atomic E-state index is 0.0775. The maximum Gasteiger partial charge on any atom is 0.0543 e. The largest absolute Gasteiger partial charge is 0.311 e. The fraction of sp³-hybridized carbons (Fsp3) is 0.769. The van der Waals surface area contributed by atoms with Gasteiger partial charge in [0, 0.05) is 47.4 Å². The average Bonchev–Trinajstić information content (AvgIpc) is 2.79. The van der Waals surface area contributed by atoms with Crippen molar-refractivity contribution >= 4 is 23.5 Å². The van der Waals surface area contributed by atoms with Gasteiger partial charge in [-0.15, -0.1) is 0 Å². The van der Waals surface area contributed by atoms with E-state index in [0.717, 1.165) is 18.3 Å². The molecule has 0 aromatic carbocycles. The van der Waals surface area contributed by atoms with Crippen LogP contribution in [0.15, 0.2) is 12.4 Å². The zero-order chi connectivity index (χ0) is 13.0. The highest BCUT2D eigenvalue weighted by Crippen LogP contribution is 2.23. The Balaban J connectivity index is 1.74. The molecule has 0 radical (unpaired) electrons. The minimum Gasteiger partial charge on any atom is -0.311 e. The number of hydrogen-bond donors (Lipinski definition) is 1. The second kappa shape index (κ2) is 6.35. The van der Waals surface area contributed by atoms with E-state index in [1.165, 1.54) is 22.8 Å². The minimum atomic E-state index is 0.0775. The summed E-state index contributed by atoms with van der Waals surface area (Å²) in [6.45, 7) is 8.56. The average molecular weight is 285 g/mol. The van der Waals surface area contributed by atoms with Gasteiger partial charge < -0.3 is 5.32 Å². The number of nitrogens with one attached hydrogen (secondary N) is 1. The van der Waals surface area contributed by atoms with Crippen molar-refractivity contribution < 1.29 is 0 Å². The molecule has 5 heteroatoms. The van der Waals surface area contributed by atoms with Crippen molar-refractivity contribution in [3.8, 4) is 0 Å². The molecule has 0 saturated carbocycles. The van der Waals surface area contributed by atoms with Gasteiger partial charge in [0.2, 0.25) is 0 Å². The quantitative estimate of drug-likeness (QED) is 0.921. The van der Waals surface area contributed by atoms with Gasteiger partial charge in [0.15, 0.2) is 0 Å². The van der Waals surface area contributed by atoms with Crippen LogP contribution in [0.5, 0.6) is 0 Å². The Kier molecular flexibility index (Phi) is 5.04. The number of aromatic nitrogens is 2. The summed E-state index contributed by atoms with van der Waals surface area (Å²) in [4.78, 5) is 0. The molecule has 1 aliphatic rings. The van der Waals surface area contributed by atoms with Crippen LogP contribution in [-0.2, 0) is 12.1 Å². The van der Waals surface area contributed by atoms with Crippen LogP contribution in [0.1, 0.15) is 26.3 Å². The Hall–Kier alpha value is -0.130. The lowest BCUT2D eigenvalue weighted by Gasteiger charge is -2.21. The van der Waals surface area contributed by atoms with E-state index >= 15 is 0 Å². The van der Waals surface area contributed by atoms with E-state index in [0.29, 0.717) is 0 Å². The van der Waals surface area contributed by atoms with Gasteiger partial charge in [-0.1, -0.05) is 0 Å². The number of nitrogens with zero attached hydrogens (tertiary/aromatic N) is 2. The first-order valence-electron chi connectivity index (χ1n) is 6.50. The van der Waals surface area contributed by atoms with Crippen molar-refractivity contribution in [2.24, 2.45) is 0 Å². The molecule has 1 unspecified atom stereocenters. The molecule has 1 saturated heterocycles. The monoisotopic (exact) mass is 285 g/mol. The van der Waals surface area contributed by atoms with Crippen molar-refractivity contribution in [3.63, 3.8) is 0 Å². The van der Waals surface area contributed by atoms with E-state index in [2.05, 4.69) is 60.9 Å². The SMILES string of the molecule is CC(C)(C)n1cc(CNCC2CSCCS2)cn1. The first kappa shape index (κ1) is 14.3. The molecular weight excluding hydrogens is 262 g/mol. The highest BCUT2D eigenvalue weighted by molar-refractivity contribution is 8.06. The van der Waals surface area contributed by atoms with Crippen LogP contribution < -0.4 is 5.32 Å². The van der Waals surface area contributed by atoms with Crippen molar-refractivity contribution in [2.45, 2.75) is 38.1 Å². The summed E-state index contributed by atoms with van der Waals surface area (Å²) in [6.07, 6.45) is 4.12. The molecule has 102 valence electrons. The van der Waals surface area contributed by atoms with Crippen molar-refractivity contribution in [1.29, 1.82) is 0 Å². The summed E-state index contributed by atoms with van der Waals surface area (Å²) in [5, 5.41) is 8.75. The van der Waals surface area contributed by atoms with E-state index in [4.69, 9.17) is 0 Å². The molecule has 0 amide bonds. The molecule has 2 heterocycles. The van der Waals surface area contributed by atoms with E-state index in [9.17, 15) is 0 Å². The van der Waals surface area contributed by atoms with E-state index in [1.807, 2.05) is 10.9 Å². The molecule has 3 nitrogen and oxygen atoms in total. The third-order valence-electron chi connectivity index (χ3n) is 2.91. The highest BCUT2D eigenvalue weighted by Gasteiger charge is 2.15. The molecule has 1 aliphatic heterocycles. The van der Waals surface area contributed by atoms with Crippen molar-refractivity contribution in [3.05, 3.63) is 18.0 Å². The predicted molar refractivity (Wildman–Crippen MR) is 82.5 cm³/mol. The van der Waals surface area contributed by atoms with Gasteiger partial charge in [0.25, 0.3) is 0 Å². The zero-order valence-electron chi connectivity index (χ0n) is 11.5. The fourth-order valence-corrected chi connectivity index (χ4v) is 4.50. The highest BCUT2D eigenvalue weighted by atomic mass is 32.2. The second-order valence-corrected chi connectivity index (χ2v) is 8.22. The van der Waals surface area contributed by atoms with Crippen molar-refractivity contribution in [2.75, 3.05) is 23.8 Å². The first-order valence-corrected chi connectivity index (χ1v) is 8.70.